The van der Waals surface area contributed by atoms with Crippen molar-refractivity contribution in [2.45, 2.75) is 12.8 Å². The molecule has 0 aliphatic carbocycles. The van der Waals surface area contributed by atoms with Gasteiger partial charge in [-0.3, -0.25) is 0 Å². The Balaban J connectivity index is 1.40. The molecule has 2 fully saturated rings. The van der Waals surface area contributed by atoms with Crippen molar-refractivity contribution < 1.29 is 0 Å². The second kappa shape index (κ2) is 6.72. The first kappa shape index (κ1) is 15.8. The SMILES string of the molecule is c1csc(N2CCN(c3ccc4ncnc(N5CCCC5)c4c3)CC2)n1. The molecule has 2 aliphatic heterocycles. The van der Waals surface area contributed by atoms with Gasteiger partial charge < -0.3 is 14.7 Å². The maximum Gasteiger partial charge on any atom is 0.185 e. The first-order valence-corrected chi connectivity index (χ1v) is 10.2. The van der Waals surface area contributed by atoms with Crippen LogP contribution in [-0.2, 0) is 0 Å². The molecule has 4 heterocycles. The van der Waals surface area contributed by atoms with Gasteiger partial charge in [0.05, 0.1) is 5.52 Å². The van der Waals surface area contributed by atoms with Crippen LogP contribution in [0.5, 0.6) is 0 Å². The zero-order valence-corrected chi connectivity index (χ0v) is 15.5. The van der Waals surface area contributed by atoms with Crippen LogP contribution in [0, 0.1) is 0 Å². The predicted octanol–water partition coefficient (Wildman–Crippen LogP) is 3.01. The number of hydrogen-bond acceptors (Lipinski definition) is 7. The number of anilines is 3. The van der Waals surface area contributed by atoms with E-state index in [-0.39, 0.29) is 0 Å². The Morgan fingerprint density at radius 1 is 0.808 bits per heavy atom. The second-order valence-corrected chi connectivity index (χ2v) is 7.75. The highest BCUT2D eigenvalue weighted by molar-refractivity contribution is 7.13. The summed E-state index contributed by atoms with van der Waals surface area (Å²) in [6.07, 6.45) is 6.09. The van der Waals surface area contributed by atoms with Crippen molar-refractivity contribution >= 4 is 38.9 Å². The lowest BCUT2D eigenvalue weighted by molar-refractivity contribution is 0.652. The fourth-order valence-electron chi connectivity index (χ4n) is 3.94. The number of nitrogens with zero attached hydrogens (tertiary/aromatic N) is 6. The van der Waals surface area contributed by atoms with Crippen LogP contribution in [0.1, 0.15) is 12.8 Å². The van der Waals surface area contributed by atoms with E-state index in [0.29, 0.717) is 0 Å². The molecule has 0 saturated carbocycles. The molecule has 0 bridgehead atoms. The van der Waals surface area contributed by atoms with Gasteiger partial charge in [0.2, 0.25) is 0 Å². The van der Waals surface area contributed by atoms with Gasteiger partial charge in [0.15, 0.2) is 5.13 Å². The van der Waals surface area contributed by atoms with E-state index in [0.717, 1.165) is 55.7 Å². The highest BCUT2D eigenvalue weighted by atomic mass is 32.1. The van der Waals surface area contributed by atoms with Gasteiger partial charge in [0.25, 0.3) is 0 Å². The van der Waals surface area contributed by atoms with Crippen molar-refractivity contribution in [2.24, 2.45) is 0 Å². The van der Waals surface area contributed by atoms with Crippen LogP contribution in [-0.4, -0.2) is 54.2 Å². The summed E-state index contributed by atoms with van der Waals surface area (Å²) < 4.78 is 0. The highest BCUT2D eigenvalue weighted by Crippen LogP contribution is 2.30. The molecule has 0 N–H and O–H groups in total. The summed E-state index contributed by atoms with van der Waals surface area (Å²) in [5.74, 6) is 1.09. The van der Waals surface area contributed by atoms with Gasteiger partial charge in [-0.2, -0.15) is 0 Å². The minimum Gasteiger partial charge on any atom is -0.368 e. The molecule has 1 aromatic carbocycles. The van der Waals surface area contributed by atoms with Crippen LogP contribution in [0.3, 0.4) is 0 Å². The number of benzene rings is 1. The van der Waals surface area contributed by atoms with Crippen LogP contribution in [0.25, 0.3) is 10.9 Å². The van der Waals surface area contributed by atoms with Crippen molar-refractivity contribution in [2.75, 3.05) is 54.0 Å². The van der Waals surface area contributed by atoms with Gasteiger partial charge in [-0.15, -0.1) is 11.3 Å². The van der Waals surface area contributed by atoms with Crippen molar-refractivity contribution in [1.82, 2.24) is 15.0 Å². The van der Waals surface area contributed by atoms with Crippen molar-refractivity contribution in [3.63, 3.8) is 0 Å². The van der Waals surface area contributed by atoms with Gasteiger partial charge in [0.1, 0.15) is 12.1 Å². The molecular weight excluding hydrogens is 344 g/mol. The largest absolute Gasteiger partial charge is 0.368 e. The Morgan fingerprint density at radius 3 is 2.38 bits per heavy atom. The fraction of sp³-hybridized carbons (Fsp3) is 0.421. The standard InChI is InChI=1S/C19H22N6S/c1-2-7-24(6-1)18-16-13-15(3-4-17(16)21-14-22-18)23-8-10-25(11-9-23)19-20-5-12-26-19/h3-5,12-14H,1-2,6-11H2. The number of fused-ring (bicyclic) bond motifs is 1. The van der Waals surface area contributed by atoms with Crippen LogP contribution in [0.2, 0.25) is 0 Å². The Kier molecular flexibility index (Phi) is 4.09. The molecule has 0 unspecified atom stereocenters. The van der Waals surface area contributed by atoms with Gasteiger partial charge in [-0.25, -0.2) is 15.0 Å². The van der Waals surface area contributed by atoms with Gasteiger partial charge >= 0.3 is 0 Å². The third kappa shape index (κ3) is 2.86. The maximum absolute atomic E-state index is 4.60. The second-order valence-electron chi connectivity index (χ2n) is 6.88. The minimum absolute atomic E-state index is 1.01. The number of aromatic nitrogens is 3. The third-order valence-electron chi connectivity index (χ3n) is 5.34. The van der Waals surface area contributed by atoms with E-state index in [1.165, 1.54) is 23.9 Å². The first-order valence-electron chi connectivity index (χ1n) is 9.27. The first-order chi connectivity index (χ1) is 12.9. The minimum atomic E-state index is 1.01. The molecule has 2 aromatic heterocycles. The van der Waals surface area contributed by atoms with E-state index < -0.39 is 0 Å². The number of thiazole rings is 1. The van der Waals surface area contributed by atoms with Crippen LogP contribution >= 0.6 is 11.3 Å². The lowest BCUT2D eigenvalue weighted by atomic mass is 10.1. The predicted molar refractivity (Wildman–Crippen MR) is 108 cm³/mol. The van der Waals surface area contributed by atoms with E-state index in [9.17, 15) is 0 Å². The number of piperazine rings is 1. The molecule has 0 radical (unpaired) electrons. The Morgan fingerprint density at radius 2 is 1.62 bits per heavy atom. The normalized spacial score (nSPS) is 18.1. The Labute approximate surface area is 157 Å². The molecule has 0 amide bonds. The highest BCUT2D eigenvalue weighted by Gasteiger charge is 2.21. The zero-order chi connectivity index (χ0) is 17.3. The molecule has 134 valence electrons. The van der Waals surface area contributed by atoms with E-state index in [1.807, 2.05) is 11.6 Å². The number of hydrogen-bond donors (Lipinski definition) is 0. The summed E-state index contributed by atoms with van der Waals surface area (Å²) in [5, 5.41) is 4.35. The quantitative estimate of drug-likeness (QED) is 0.710. The van der Waals surface area contributed by atoms with Gasteiger partial charge in [-0.1, -0.05) is 0 Å². The molecule has 26 heavy (non-hydrogen) atoms. The topological polar surface area (TPSA) is 48.4 Å². The Bertz CT molecular complexity index is 882. The van der Waals surface area contributed by atoms with Crippen molar-refractivity contribution in [1.29, 1.82) is 0 Å². The molecule has 6 nitrogen and oxygen atoms in total. The van der Waals surface area contributed by atoms with Crippen LogP contribution < -0.4 is 14.7 Å². The van der Waals surface area contributed by atoms with E-state index >= 15 is 0 Å². The van der Waals surface area contributed by atoms with E-state index in [4.69, 9.17) is 0 Å². The Hall–Kier alpha value is -2.41. The summed E-state index contributed by atoms with van der Waals surface area (Å²) in [6, 6.07) is 6.61. The summed E-state index contributed by atoms with van der Waals surface area (Å²) in [4.78, 5) is 20.7. The molecule has 5 rings (SSSR count). The average molecular weight is 366 g/mol. The monoisotopic (exact) mass is 366 g/mol. The maximum atomic E-state index is 4.60. The summed E-state index contributed by atoms with van der Waals surface area (Å²) in [7, 11) is 0. The smallest absolute Gasteiger partial charge is 0.185 e. The molecule has 7 heteroatoms. The van der Waals surface area contributed by atoms with Gasteiger partial charge in [-0.05, 0) is 31.0 Å². The van der Waals surface area contributed by atoms with Crippen molar-refractivity contribution in [3.8, 4) is 0 Å². The molecule has 2 saturated heterocycles. The molecule has 0 spiro atoms. The molecule has 2 aliphatic rings. The van der Waals surface area contributed by atoms with Crippen LogP contribution in [0.15, 0.2) is 36.1 Å². The summed E-state index contributed by atoms with van der Waals surface area (Å²) in [5.41, 5.74) is 2.30. The van der Waals surface area contributed by atoms with Crippen LogP contribution in [0.4, 0.5) is 16.6 Å². The van der Waals surface area contributed by atoms with Crippen molar-refractivity contribution in [3.05, 3.63) is 36.1 Å². The summed E-state index contributed by atoms with van der Waals surface area (Å²) in [6.45, 7) is 6.24. The molecular formula is C19H22N6S. The van der Waals surface area contributed by atoms with Gasteiger partial charge in [0, 0.05) is 61.9 Å². The zero-order valence-electron chi connectivity index (χ0n) is 14.7. The molecule has 3 aromatic rings. The van der Waals surface area contributed by atoms with E-state index in [1.54, 1.807) is 17.7 Å². The van der Waals surface area contributed by atoms with E-state index in [2.05, 4.69) is 47.9 Å². The lowest BCUT2D eigenvalue weighted by Gasteiger charge is -2.36. The summed E-state index contributed by atoms with van der Waals surface area (Å²) >= 11 is 1.72. The third-order valence-corrected chi connectivity index (χ3v) is 6.17. The fourth-order valence-corrected chi connectivity index (χ4v) is 4.63. The lowest BCUT2D eigenvalue weighted by Crippen LogP contribution is -2.46. The molecule has 0 atom stereocenters. The average Bonchev–Trinajstić information content (AvgIpc) is 3.41. The number of rotatable bonds is 3.